The average molecular weight is 209 g/mol. The summed E-state index contributed by atoms with van der Waals surface area (Å²) in [6.45, 7) is 10.2. The zero-order valence-electron chi connectivity index (χ0n) is 10.3. The van der Waals surface area contributed by atoms with Gasteiger partial charge in [0.25, 0.3) is 0 Å². The monoisotopic (exact) mass is 209 g/mol. The van der Waals surface area contributed by atoms with E-state index in [4.69, 9.17) is 4.74 Å². The topological polar surface area (TPSA) is 21.6 Å². The van der Waals surface area contributed by atoms with Crippen molar-refractivity contribution in [2.45, 2.75) is 64.8 Å². The molecule has 2 heteroatoms. The van der Waals surface area contributed by atoms with Gasteiger partial charge in [0.05, 0.1) is 0 Å². The van der Waals surface area contributed by atoms with Gasteiger partial charge in [0, 0.05) is 6.42 Å². The van der Waals surface area contributed by atoms with Gasteiger partial charge in [0.15, 0.2) is 5.90 Å². The molecule has 0 fully saturated rings. The Morgan fingerprint density at radius 2 is 1.87 bits per heavy atom. The third kappa shape index (κ3) is 3.69. The summed E-state index contributed by atoms with van der Waals surface area (Å²) in [5.74, 6) is 1.66. The minimum Gasteiger partial charge on any atom is -0.446 e. The van der Waals surface area contributed by atoms with Gasteiger partial charge in [0.1, 0.15) is 11.3 Å². The van der Waals surface area contributed by atoms with Crippen molar-refractivity contribution >= 4 is 5.90 Å². The summed E-state index contributed by atoms with van der Waals surface area (Å²) in [6.07, 6.45) is 7.39. The van der Waals surface area contributed by atoms with Crippen LogP contribution in [0.25, 0.3) is 0 Å². The highest BCUT2D eigenvalue weighted by Crippen LogP contribution is 2.28. The Kier molecular flexibility index (Phi) is 4.37. The van der Waals surface area contributed by atoms with Crippen LogP contribution < -0.4 is 0 Å². The fourth-order valence-corrected chi connectivity index (χ4v) is 1.65. The highest BCUT2D eigenvalue weighted by Gasteiger charge is 2.30. The quantitative estimate of drug-likeness (QED) is 0.604. The maximum atomic E-state index is 5.54. The molecule has 1 heterocycles. The Balaban J connectivity index is 2.21. The van der Waals surface area contributed by atoms with E-state index in [2.05, 4.69) is 18.5 Å². The fourth-order valence-electron chi connectivity index (χ4n) is 1.65. The van der Waals surface area contributed by atoms with E-state index in [1.54, 1.807) is 0 Å². The van der Waals surface area contributed by atoms with Crippen molar-refractivity contribution in [1.29, 1.82) is 0 Å². The van der Waals surface area contributed by atoms with Gasteiger partial charge in [-0.3, -0.25) is 0 Å². The highest BCUT2D eigenvalue weighted by atomic mass is 16.5. The molecule has 0 spiro atoms. The van der Waals surface area contributed by atoms with E-state index in [1.807, 2.05) is 13.8 Å². The highest BCUT2D eigenvalue weighted by molar-refractivity contribution is 5.80. The van der Waals surface area contributed by atoms with Gasteiger partial charge in [0.2, 0.25) is 0 Å². The van der Waals surface area contributed by atoms with E-state index in [1.165, 1.54) is 32.1 Å². The van der Waals surface area contributed by atoms with Crippen LogP contribution in [0.3, 0.4) is 0 Å². The molecule has 86 valence electrons. The SMILES string of the molecule is C=C1OC(CCCCCCC)=NC1(C)C. The van der Waals surface area contributed by atoms with Gasteiger partial charge in [-0.2, -0.15) is 0 Å². The maximum Gasteiger partial charge on any atom is 0.190 e. The lowest BCUT2D eigenvalue weighted by molar-refractivity contribution is 0.375. The summed E-state index contributed by atoms with van der Waals surface area (Å²) in [5, 5.41) is 0. The Labute approximate surface area is 93.4 Å². The van der Waals surface area contributed by atoms with Crippen LogP contribution in [0.4, 0.5) is 0 Å². The summed E-state index contributed by atoms with van der Waals surface area (Å²) in [5.41, 5.74) is -0.210. The minimum absolute atomic E-state index is 0.210. The molecule has 15 heavy (non-hydrogen) atoms. The van der Waals surface area contributed by atoms with E-state index >= 15 is 0 Å². The van der Waals surface area contributed by atoms with E-state index in [0.29, 0.717) is 0 Å². The normalized spacial score (nSPS) is 18.9. The molecule has 0 amide bonds. The molecule has 1 rings (SSSR count). The lowest BCUT2D eigenvalue weighted by Gasteiger charge is -2.11. The van der Waals surface area contributed by atoms with Gasteiger partial charge >= 0.3 is 0 Å². The van der Waals surface area contributed by atoms with E-state index in [-0.39, 0.29) is 5.54 Å². The Bertz CT molecular complexity index is 253. The second kappa shape index (κ2) is 5.34. The molecule has 0 unspecified atom stereocenters. The Hall–Kier alpha value is -0.790. The largest absolute Gasteiger partial charge is 0.446 e. The van der Waals surface area contributed by atoms with Crippen LogP contribution in [0.2, 0.25) is 0 Å². The molecule has 0 bridgehead atoms. The predicted octanol–water partition coefficient (Wildman–Crippen LogP) is 4.07. The zero-order valence-corrected chi connectivity index (χ0v) is 10.3. The van der Waals surface area contributed by atoms with Gasteiger partial charge < -0.3 is 4.74 Å². The lowest BCUT2D eigenvalue weighted by Crippen LogP contribution is -2.14. The molecule has 2 nitrogen and oxygen atoms in total. The van der Waals surface area contributed by atoms with E-state index < -0.39 is 0 Å². The number of unbranched alkanes of at least 4 members (excludes halogenated alkanes) is 4. The van der Waals surface area contributed by atoms with Crippen molar-refractivity contribution in [3.8, 4) is 0 Å². The molecule has 0 saturated carbocycles. The first-order valence-electron chi connectivity index (χ1n) is 6.02. The van der Waals surface area contributed by atoms with Gasteiger partial charge in [-0.25, -0.2) is 4.99 Å². The Morgan fingerprint density at radius 3 is 2.40 bits per heavy atom. The van der Waals surface area contributed by atoms with Crippen LogP contribution >= 0.6 is 0 Å². The van der Waals surface area contributed by atoms with Crippen LogP contribution in [0, 0.1) is 0 Å². The molecular weight excluding hydrogens is 186 g/mol. The van der Waals surface area contributed by atoms with Crippen molar-refractivity contribution in [2.75, 3.05) is 0 Å². The second-order valence-electron chi connectivity index (χ2n) is 4.75. The van der Waals surface area contributed by atoms with Crippen molar-refractivity contribution < 1.29 is 4.74 Å². The van der Waals surface area contributed by atoms with Crippen LogP contribution in [-0.4, -0.2) is 11.4 Å². The van der Waals surface area contributed by atoms with Crippen LogP contribution in [0.5, 0.6) is 0 Å². The maximum absolute atomic E-state index is 5.54. The summed E-state index contributed by atoms with van der Waals surface area (Å²) in [6, 6.07) is 0. The number of aliphatic imine (C=N–C) groups is 1. The third-order valence-corrected chi connectivity index (χ3v) is 2.82. The average Bonchev–Trinajstić information content (AvgIpc) is 2.40. The van der Waals surface area contributed by atoms with Crippen LogP contribution in [0.1, 0.15) is 59.3 Å². The fraction of sp³-hybridized carbons (Fsp3) is 0.769. The van der Waals surface area contributed by atoms with E-state index in [9.17, 15) is 0 Å². The number of nitrogens with zero attached hydrogens (tertiary/aromatic N) is 1. The van der Waals surface area contributed by atoms with Gasteiger partial charge in [-0.15, -0.1) is 0 Å². The number of rotatable bonds is 6. The number of ether oxygens (including phenoxy) is 1. The first-order chi connectivity index (χ1) is 7.06. The predicted molar refractivity (Wildman–Crippen MR) is 65.1 cm³/mol. The molecule has 0 aromatic rings. The minimum atomic E-state index is -0.210. The van der Waals surface area contributed by atoms with Crippen molar-refractivity contribution in [2.24, 2.45) is 4.99 Å². The number of hydrogen-bond donors (Lipinski definition) is 0. The van der Waals surface area contributed by atoms with Crippen molar-refractivity contribution in [3.05, 3.63) is 12.3 Å². The molecule has 0 N–H and O–H groups in total. The second-order valence-corrected chi connectivity index (χ2v) is 4.75. The zero-order chi connectivity index (χ0) is 11.3. The Morgan fingerprint density at radius 1 is 1.20 bits per heavy atom. The lowest BCUT2D eigenvalue weighted by atomic mass is 10.1. The molecule has 0 atom stereocenters. The molecule has 1 aliphatic rings. The van der Waals surface area contributed by atoms with Gasteiger partial charge in [-0.1, -0.05) is 39.2 Å². The molecule has 0 saturated heterocycles. The smallest absolute Gasteiger partial charge is 0.190 e. The van der Waals surface area contributed by atoms with Crippen molar-refractivity contribution in [1.82, 2.24) is 0 Å². The summed E-state index contributed by atoms with van der Waals surface area (Å²) in [7, 11) is 0. The molecule has 0 aliphatic carbocycles. The molecular formula is C13H23NO. The third-order valence-electron chi connectivity index (χ3n) is 2.82. The van der Waals surface area contributed by atoms with Gasteiger partial charge in [-0.05, 0) is 20.3 Å². The molecule has 0 radical (unpaired) electrons. The standard InChI is InChI=1S/C13H23NO/c1-5-6-7-8-9-10-12-14-13(3,4)11(2)15-12/h2,5-10H2,1,3-4H3. The first-order valence-corrected chi connectivity index (χ1v) is 6.02. The van der Waals surface area contributed by atoms with Crippen LogP contribution in [0.15, 0.2) is 17.3 Å². The summed E-state index contributed by atoms with van der Waals surface area (Å²) < 4.78 is 5.54. The first kappa shape index (κ1) is 12.3. The molecule has 0 aromatic heterocycles. The van der Waals surface area contributed by atoms with E-state index in [0.717, 1.165) is 18.1 Å². The summed E-state index contributed by atoms with van der Waals surface area (Å²) in [4.78, 5) is 4.51. The van der Waals surface area contributed by atoms with Crippen molar-refractivity contribution in [3.63, 3.8) is 0 Å². The summed E-state index contributed by atoms with van der Waals surface area (Å²) >= 11 is 0. The number of hydrogen-bond acceptors (Lipinski definition) is 2. The molecule has 0 aromatic carbocycles. The molecule has 1 aliphatic heterocycles. The van der Waals surface area contributed by atoms with Crippen LogP contribution in [-0.2, 0) is 4.74 Å².